The normalized spacial score (nSPS) is 12.6. The summed E-state index contributed by atoms with van der Waals surface area (Å²) in [7, 11) is 3.09. The third-order valence-electron chi connectivity index (χ3n) is 4.76. The van der Waals surface area contributed by atoms with E-state index >= 15 is 0 Å². The molecular weight excluding hydrogens is 472 g/mol. The summed E-state index contributed by atoms with van der Waals surface area (Å²) in [4.78, 5) is 33.7. The van der Waals surface area contributed by atoms with Gasteiger partial charge in [0, 0.05) is 22.6 Å². The number of nitrogens with one attached hydrogen (secondary N) is 4. The Morgan fingerprint density at radius 3 is 1.47 bits per heavy atom. The molecule has 0 aliphatic heterocycles. The average molecular weight is 495 g/mol. The Morgan fingerprint density at radius 2 is 1.12 bits per heavy atom. The van der Waals surface area contributed by atoms with Crippen molar-refractivity contribution < 1.29 is 9.59 Å². The number of nitrogens with zero attached hydrogens (tertiary/aromatic N) is 4. The maximum Gasteiger partial charge on any atom is 0.251 e. The first kappa shape index (κ1) is 23.5. The fraction of sp³-hybridized carbons (Fsp3) is 0.182. The monoisotopic (exact) mass is 494 g/mol. The predicted molar refractivity (Wildman–Crippen MR) is 131 cm³/mol. The first-order chi connectivity index (χ1) is 16.7. The maximum absolute atomic E-state index is 12.6. The van der Waals surface area contributed by atoms with Crippen LogP contribution >= 0.6 is 21.6 Å². The summed E-state index contributed by atoms with van der Waals surface area (Å²) in [6, 6.07) is 17.3. The highest BCUT2D eigenvalue weighted by molar-refractivity contribution is 8.76. The molecule has 0 fully saturated rings. The molecule has 174 valence electrons. The van der Waals surface area contributed by atoms with Crippen molar-refractivity contribution in [1.82, 2.24) is 41.0 Å². The van der Waals surface area contributed by atoms with Gasteiger partial charge in [0.15, 0.2) is 0 Å². The molecule has 4 aromatic rings. The number of carbonyl (C=O) groups is 2. The van der Waals surface area contributed by atoms with E-state index in [-0.39, 0.29) is 23.9 Å². The highest BCUT2D eigenvalue weighted by atomic mass is 33.1. The van der Waals surface area contributed by atoms with E-state index in [2.05, 4.69) is 41.0 Å². The van der Waals surface area contributed by atoms with Crippen molar-refractivity contribution in [3.8, 4) is 0 Å². The Hall–Kier alpha value is -3.64. The van der Waals surface area contributed by atoms with Crippen molar-refractivity contribution in [1.29, 1.82) is 0 Å². The molecule has 0 bridgehead atoms. The van der Waals surface area contributed by atoms with Gasteiger partial charge in [-0.15, -0.1) is 0 Å². The Balaban J connectivity index is 1.35. The second-order valence-electron chi connectivity index (χ2n) is 7.09. The number of hydrogen-bond donors (Lipinski definition) is 4. The summed E-state index contributed by atoms with van der Waals surface area (Å²) in [6.07, 6.45) is 2.82. The molecule has 4 rings (SSSR count). The fourth-order valence-electron chi connectivity index (χ4n) is 3.04. The van der Waals surface area contributed by atoms with Gasteiger partial charge in [0.1, 0.15) is 24.3 Å². The van der Waals surface area contributed by atoms with E-state index in [0.29, 0.717) is 34.3 Å². The molecule has 0 aliphatic rings. The van der Waals surface area contributed by atoms with E-state index in [9.17, 15) is 9.59 Å². The van der Waals surface area contributed by atoms with Gasteiger partial charge in [-0.3, -0.25) is 19.8 Å². The second kappa shape index (κ2) is 12.0. The minimum absolute atomic E-state index is 0.192. The van der Waals surface area contributed by atoms with E-state index in [4.69, 9.17) is 0 Å². The molecule has 0 spiro atoms. The van der Waals surface area contributed by atoms with E-state index < -0.39 is 0 Å². The lowest BCUT2D eigenvalue weighted by Crippen LogP contribution is -2.31. The van der Waals surface area contributed by atoms with Crippen LogP contribution in [0.1, 0.15) is 44.4 Å². The third kappa shape index (κ3) is 6.45. The number of aromatic amines is 2. The van der Waals surface area contributed by atoms with Gasteiger partial charge >= 0.3 is 0 Å². The van der Waals surface area contributed by atoms with Crippen LogP contribution in [0.25, 0.3) is 0 Å². The van der Waals surface area contributed by atoms with Crippen LogP contribution in [0.5, 0.6) is 0 Å². The van der Waals surface area contributed by atoms with Crippen molar-refractivity contribution in [2.75, 3.05) is 11.5 Å². The van der Waals surface area contributed by atoms with Crippen LogP contribution < -0.4 is 10.6 Å². The van der Waals surface area contributed by atoms with E-state index in [1.54, 1.807) is 45.9 Å². The van der Waals surface area contributed by atoms with Gasteiger partial charge in [0.05, 0.1) is 12.1 Å². The lowest BCUT2D eigenvalue weighted by molar-refractivity contribution is 0.0930. The van der Waals surface area contributed by atoms with Crippen LogP contribution in [-0.4, -0.2) is 53.7 Å². The van der Waals surface area contributed by atoms with Crippen LogP contribution in [0.15, 0.2) is 73.3 Å². The minimum Gasteiger partial charge on any atom is -0.341 e. The molecule has 0 unspecified atom stereocenters. The molecule has 0 radical (unpaired) electrons. The lowest BCUT2D eigenvalue weighted by Gasteiger charge is -2.18. The zero-order valence-electron chi connectivity index (χ0n) is 17.9. The number of rotatable bonds is 11. The summed E-state index contributed by atoms with van der Waals surface area (Å²) < 4.78 is 0. The second-order valence-corrected chi connectivity index (χ2v) is 9.65. The van der Waals surface area contributed by atoms with E-state index in [0.717, 1.165) is 0 Å². The molecule has 2 amide bonds. The molecule has 0 aliphatic carbocycles. The first-order valence-corrected chi connectivity index (χ1v) is 12.9. The van der Waals surface area contributed by atoms with Gasteiger partial charge < -0.3 is 10.6 Å². The fourth-order valence-corrected chi connectivity index (χ4v) is 5.38. The number of amides is 2. The summed E-state index contributed by atoms with van der Waals surface area (Å²) in [5, 5.41) is 19.5. The minimum atomic E-state index is -0.365. The lowest BCUT2D eigenvalue weighted by atomic mass is 10.2. The summed E-state index contributed by atoms with van der Waals surface area (Å²) in [5.41, 5.74) is 1.14. The highest BCUT2D eigenvalue weighted by Crippen LogP contribution is 2.30. The molecule has 12 heteroatoms. The number of hydrogen-bond acceptors (Lipinski definition) is 8. The maximum atomic E-state index is 12.6. The molecule has 2 aromatic carbocycles. The SMILES string of the molecule is O=C(N[C@@H](CSSC[C@H](NC(=O)c1ccccc1)c1ncn[nH]1)c1ncn[nH]1)c1ccccc1. The zero-order chi connectivity index (χ0) is 23.6. The van der Waals surface area contributed by atoms with Crippen LogP contribution in [0.2, 0.25) is 0 Å². The molecule has 2 atom stereocenters. The van der Waals surface area contributed by atoms with E-state index in [1.165, 1.54) is 12.7 Å². The van der Waals surface area contributed by atoms with Gasteiger partial charge in [0.25, 0.3) is 11.8 Å². The van der Waals surface area contributed by atoms with Crippen molar-refractivity contribution in [2.24, 2.45) is 0 Å². The number of benzene rings is 2. The van der Waals surface area contributed by atoms with Gasteiger partial charge in [-0.2, -0.15) is 10.2 Å². The van der Waals surface area contributed by atoms with Crippen molar-refractivity contribution in [3.63, 3.8) is 0 Å². The molecular formula is C22H22N8O2S2. The summed E-state index contributed by atoms with van der Waals surface area (Å²) >= 11 is 0. The van der Waals surface area contributed by atoms with Crippen LogP contribution in [0.3, 0.4) is 0 Å². The van der Waals surface area contributed by atoms with Crippen molar-refractivity contribution in [3.05, 3.63) is 96.1 Å². The smallest absolute Gasteiger partial charge is 0.251 e. The summed E-state index contributed by atoms with van der Waals surface area (Å²) in [5.74, 6) is 1.83. The quantitative estimate of drug-likeness (QED) is 0.184. The van der Waals surface area contributed by atoms with Crippen molar-refractivity contribution in [2.45, 2.75) is 12.1 Å². The standard InChI is InChI=1S/C22H22N8O2S2/c31-21(15-7-3-1-4-8-15)27-17(19-23-13-25-29-19)11-33-34-12-18(20-24-14-26-30-20)28-22(32)16-9-5-2-6-10-16/h1-10,13-14,17-18H,11-12H2,(H,27,31)(H,28,32)(H,23,25,29)(H,24,26,30)/t17-,18-/m0/s1. The van der Waals surface area contributed by atoms with Crippen molar-refractivity contribution >= 4 is 33.4 Å². The molecule has 10 nitrogen and oxygen atoms in total. The Labute approximate surface area is 203 Å². The average Bonchev–Trinajstić information content (AvgIpc) is 3.61. The molecule has 0 saturated carbocycles. The third-order valence-corrected chi connectivity index (χ3v) is 7.18. The van der Waals surface area contributed by atoms with Gasteiger partial charge in [-0.25, -0.2) is 9.97 Å². The van der Waals surface area contributed by atoms with Crippen LogP contribution in [-0.2, 0) is 0 Å². The molecule has 2 aromatic heterocycles. The molecule has 4 N–H and O–H groups in total. The first-order valence-electron chi connectivity index (χ1n) is 10.4. The molecule has 0 saturated heterocycles. The van der Waals surface area contributed by atoms with Gasteiger partial charge in [-0.05, 0) is 24.3 Å². The Morgan fingerprint density at radius 1 is 0.706 bits per heavy atom. The topological polar surface area (TPSA) is 141 Å². The number of aromatic nitrogens is 6. The van der Waals surface area contributed by atoms with Crippen LogP contribution in [0.4, 0.5) is 0 Å². The van der Waals surface area contributed by atoms with Gasteiger partial charge in [-0.1, -0.05) is 58.0 Å². The summed E-state index contributed by atoms with van der Waals surface area (Å²) in [6.45, 7) is 0. The van der Waals surface area contributed by atoms with Crippen LogP contribution in [0, 0.1) is 0 Å². The highest BCUT2D eigenvalue weighted by Gasteiger charge is 2.21. The largest absolute Gasteiger partial charge is 0.341 e. The number of H-pyrrole nitrogens is 2. The van der Waals surface area contributed by atoms with E-state index in [1.807, 2.05) is 36.4 Å². The molecule has 2 heterocycles. The Kier molecular flexibility index (Phi) is 8.30. The molecule has 34 heavy (non-hydrogen) atoms. The Bertz CT molecular complexity index is 1060. The zero-order valence-corrected chi connectivity index (χ0v) is 19.6. The van der Waals surface area contributed by atoms with Gasteiger partial charge in [0.2, 0.25) is 0 Å². The number of carbonyl (C=O) groups excluding carboxylic acids is 2. The predicted octanol–water partition coefficient (Wildman–Crippen LogP) is 2.95.